The van der Waals surface area contributed by atoms with Crippen molar-refractivity contribution in [2.45, 2.75) is 38.8 Å². The van der Waals surface area contributed by atoms with E-state index >= 15 is 0 Å². The Morgan fingerprint density at radius 1 is 1.33 bits per heavy atom. The molecule has 6 heteroatoms. The molecule has 0 aliphatic heterocycles. The first-order chi connectivity index (χ1) is 9.95. The summed E-state index contributed by atoms with van der Waals surface area (Å²) >= 11 is 1.24. The van der Waals surface area contributed by atoms with Crippen molar-refractivity contribution in [3.05, 3.63) is 35.2 Å². The third kappa shape index (κ3) is 4.32. The van der Waals surface area contributed by atoms with E-state index in [2.05, 4.69) is 15.5 Å². The van der Waals surface area contributed by atoms with Crippen molar-refractivity contribution in [2.75, 3.05) is 11.1 Å². The van der Waals surface area contributed by atoms with E-state index in [-0.39, 0.29) is 17.6 Å². The number of rotatable bonds is 5. The zero-order valence-electron chi connectivity index (χ0n) is 12.6. The summed E-state index contributed by atoms with van der Waals surface area (Å²) < 4.78 is 5.45. The molecule has 0 spiro atoms. The van der Waals surface area contributed by atoms with Crippen LogP contribution in [0.1, 0.15) is 36.8 Å². The first-order valence-corrected chi connectivity index (χ1v) is 7.77. The number of aromatic nitrogens is 2. The van der Waals surface area contributed by atoms with Crippen molar-refractivity contribution < 1.29 is 9.21 Å². The molecule has 1 N–H and O–H groups in total. The molecule has 2 aromatic rings. The van der Waals surface area contributed by atoms with E-state index in [0.29, 0.717) is 11.1 Å². The fourth-order valence-corrected chi connectivity index (χ4v) is 2.27. The van der Waals surface area contributed by atoms with Crippen molar-refractivity contribution in [1.29, 1.82) is 0 Å². The minimum atomic E-state index is -0.0852. The van der Waals surface area contributed by atoms with Crippen LogP contribution in [0.5, 0.6) is 0 Å². The third-order valence-corrected chi connectivity index (χ3v) is 3.73. The second-order valence-corrected chi connectivity index (χ2v) is 6.14. The summed E-state index contributed by atoms with van der Waals surface area (Å²) in [6.07, 6.45) is 0. The summed E-state index contributed by atoms with van der Waals surface area (Å²) in [5.41, 5.74) is 3.00. The van der Waals surface area contributed by atoms with Crippen molar-refractivity contribution in [3.8, 4) is 0 Å². The van der Waals surface area contributed by atoms with Gasteiger partial charge in [-0.25, -0.2) is 0 Å². The lowest BCUT2D eigenvalue weighted by Crippen LogP contribution is -2.14. The Hall–Kier alpha value is -1.82. The molecule has 0 fully saturated rings. The molecule has 0 aliphatic rings. The molecule has 1 heterocycles. The van der Waals surface area contributed by atoms with Gasteiger partial charge in [0.1, 0.15) is 0 Å². The highest BCUT2D eigenvalue weighted by Gasteiger charge is 2.12. The molecule has 0 aliphatic carbocycles. The molecule has 1 aromatic carbocycles. The first kappa shape index (κ1) is 15.6. The van der Waals surface area contributed by atoms with Crippen LogP contribution in [0.2, 0.25) is 0 Å². The molecule has 1 aromatic heterocycles. The Morgan fingerprint density at radius 3 is 2.76 bits per heavy atom. The summed E-state index contributed by atoms with van der Waals surface area (Å²) in [6.45, 7) is 7.93. The number of hydrogen-bond acceptors (Lipinski definition) is 5. The quantitative estimate of drug-likeness (QED) is 0.856. The smallest absolute Gasteiger partial charge is 0.277 e. The lowest BCUT2D eigenvalue weighted by molar-refractivity contribution is -0.113. The number of carbonyl (C=O) groups is 1. The zero-order valence-corrected chi connectivity index (χ0v) is 13.5. The lowest BCUT2D eigenvalue weighted by Gasteiger charge is -2.08. The van der Waals surface area contributed by atoms with E-state index in [1.165, 1.54) is 11.8 Å². The average Bonchev–Trinajstić information content (AvgIpc) is 2.90. The largest absolute Gasteiger partial charge is 0.416 e. The number of carbonyl (C=O) groups excluding carboxylic acids is 1. The fraction of sp³-hybridized carbons (Fsp3) is 0.400. The van der Waals surface area contributed by atoms with E-state index in [1.54, 1.807) is 0 Å². The van der Waals surface area contributed by atoms with Gasteiger partial charge in [0.2, 0.25) is 11.8 Å². The molecule has 112 valence electrons. The van der Waals surface area contributed by atoms with E-state index in [9.17, 15) is 4.79 Å². The average molecular weight is 305 g/mol. The first-order valence-electron chi connectivity index (χ1n) is 6.79. The van der Waals surface area contributed by atoms with Gasteiger partial charge in [-0.3, -0.25) is 4.79 Å². The molecule has 1 amide bonds. The Labute approximate surface area is 128 Å². The minimum absolute atomic E-state index is 0.0852. The highest BCUT2D eigenvalue weighted by Crippen LogP contribution is 2.21. The molecule has 0 saturated carbocycles. The molecule has 0 bridgehead atoms. The SMILES string of the molecule is Cc1ccc(C)c(NC(=O)CSc2nnc(C(C)C)o2)c1. The number of thioether (sulfide) groups is 1. The lowest BCUT2D eigenvalue weighted by atomic mass is 10.1. The molecular formula is C15H19N3O2S. The second-order valence-electron chi connectivity index (χ2n) is 5.22. The number of anilines is 1. The zero-order chi connectivity index (χ0) is 15.4. The van der Waals surface area contributed by atoms with Crippen LogP contribution in [-0.4, -0.2) is 21.9 Å². The maximum Gasteiger partial charge on any atom is 0.277 e. The van der Waals surface area contributed by atoms with Gasteiger partial charge in [0.25, 0.3) is 5.22 Å². The van der Waals surface area contributed by atoms with Gasteiger partial charge < -0.3 is 9.73 Å². The number of hydrogen-bond donors (Lipinski definition) is 1. The molecule has 21 heavy (non-hydrogen) atoms. The van der Waals surface area contributed by atoms with E-state index < -0.39 is 0 Å². The van der Waals surface area contributed by atoms with Gasteiger partial charge in [0.15, 0.2) is 0 Å². The number of nitrogens with one attached hydrogen (secondary N) is 1. The van der Waals surface area contributed by atoms with Crippen LogP contribution in [0.3, 0.4) is 0 Å². The van der Waals surface area contributed by atoms with Crippen LogP contribution < -0.4 is 5.32 Å². The number of nitrogens with zero attached hydrogens (tertiary/aromatic N) is 2. The summed E-state index contributed by atoms with van der Waals surface area (Å²) in [6, 6.07) is 5.97. The number of benzene rings is 1. The Balaban J connectivity index is 1.91. The second kappa shape index (κ2) is 6.76. The summed E-state index contributed by atoms with van der Waals surface area (Å²) in [5, 5.41) is 11.2. The van der Waals surface area contributed by atoms with Crippen LogP contribution >= 0.6 is 11.8 Å². The van der Waals surface area contributed by atoms with E-state index in [1.807, 2.05) is 45.9 Å². The van der Waals surface area contributed by atoms with Crippen LogP contribution in [0.4, 0.5) is 5.69 Å². The number of amides is 1. The van der Waals surface area contributed by atoms with Gasteiger partial charge in [0.05, 0.1) is 5.75 Å². The highest BCUT2D eigenvalue weighted by atomic mass is 32.2. The summed E-state index contributed by atoms with van der Waals surface area (Å²) in [4.78, 5) is 12.0. The van der Waals surface area contributed by atoms with Gasteiger partial charge in [0, 0.05) is 11.6 Å². The summed E-state index contributed by atoms with van der Waals surface area (Å²) in [5.74, 6) is 0.939. The third-order valence-electron chi connectivity index (χ3n) is 2.91. The normalized spacial score (nSPS) is 10.9. The monoisotopic (exact) mass is 305 g/mol. The summed E-state index contributed by atoms with van der Waals surface area (Å²) in [7, 11) is 0. The van der Waals surface area contributed by atoms with Crippen molar-refractivity contribution >= 4 is 23.4 Å². The van der Waals surface area contributed by atoms with Gasteiger partial charge >= 0.3 is 0 Å². The Bertz CT molecular complexity index is 638. The Morgan fingerprint density at radius 2 is 2.10 bits per heavy atom. The van der Waals surface area contributed by atoms with E-state index in [0.717, 1.165) is 16.8 Å². The molecule has 0 atom stereocenters. The van der Waals surface area contributed by atoms with Crippen LogP contribution in [0, 0.1) is 13.8 Å². The van der Waals surface area contributed by atoms with Gasteiger partial charge in [-0.15, -0.1) is 10.2 Å². The molecule has 2 rings (SSSR count). The standard InChI is InChI=1S/C15H19N3O2S/c1-9(2)14-17-18-15(20-14)21-8-13(19)16-12-7-10(3)5-6-11(12)4/h5-7,9H,8H2,1-4H3,(H,16,19). The highest BCUT2D eigenvalue weighted by molar-refractivity contribution is 7.99. The van der Waals surface area contributed by atoms with Crippen LogP contribution in [-0.2, 0) is 4.79 Å². The molecule has 0 unspecified atom stereocenters. The predicted molar refractivity (Wildman–Crippen MR) is 83.7 cm³/mol. The van der Waals surface area contributed by atoms with Gasteiger partial charge in [-0.2, -0.15) is 0 Å². The molecule has 0 saturated heterocycles. The molecular weight excluding hydrogens is 286 g/mol. The minimum Gasteiger partial charge on any atom is -0.416 e. The van der Waals surface area contributed by atoms with Crippen molar-refractivity contribution in [1.82, 2.24) is 10.2 Å². The molecule has 5 nitrogen and oxygen atoms in total. The Kier molecular flexibility index (Phi) is 5.01. The van der Waals surface area contributed by atoms with Gasteiger partial charge in [-0.1, -0.05) is 37.7 Å². The number of aryl methyl sites for hydroxylation is 2. The van der Waals surface area contributed by atoms with E-state index in [4.69, 9.17) is 4.42 Å². The fourth-order valence-electron chi connectivity index (χ4n) is 1.70. The predicted octanol–water partition coefficient (Wildman–Crippen LogP) is 3.54. The molecule has 0 radical (unpaired) electrons. The maximum atomic E-state index is 12.0. The maximum absolute atomic E-state index is 12.0. The van der Waals surface area contributed by atoms with Crippen molar-refractivity contribution in [2.24, 2.45) is 0 Å². The van der Waals surface area contributed by atoms with Crippen LogP contribution in [0.25, 0.3) is 0 Å². The van der Waals surface area contributed by atoms with Crippen molar-refractivity contribution in [3.63, 3.8) is 0 Å². The van der Waals surface area contributed by atoms with Gasteiger partial charge in [-0.05, 0) is 31.0 Å². The topological polar surface area (TPSA) is 68.0 Å². The van der Waals surface area contributed by atoms with Crippen LogP contribution in [0.15, 0.2) is 27.8 Å².